The third kappa shape index (κ3) is 1.68. The van der Waals surface area contributed by atoms with Crippen molar-refractivity contribution in [2.24, 2.45) is 0 Å². The second-order valence-corrected chi connectivity index (χ2v) is 2.64. The van der Waals surface area contributed by atoms with Crippen molar-refractivity contribution >= 4 is 11.6 Å². The third-order valence-electron chi connectivity index (χ3n) is 1.49. The molecule has 0 aliphatic heterocycles. The maximum atomic E-state index is 12.8. The zero-order chi connectivity index (χ0) is 9.14. The highest BCUT2D eigenvalue weighted by atomic mass is 35.5. The van der Waals surface area contributed by atoms with Gasteiger partial charge in [-0.05, 0) is 6.07 Å². The standard InChI is InChI=1S/C8H8ClFO2/c1-12-8-3-7(10)6(9)2-5(8)4-11/h2-3,11H,4H2,1H3. The van der Waals surface area contributed by atoms with Crippen molar-refractivity contribution in [3.05, 3.63) is 28.5 Å². The Labute approximate surface area is 74.5 Å². The summed E-state index contributed by atoms with van der Waals surface area (Å²) in [5.41, 5.74) is 0.476. The molecule has 0 aromatic heterocycles. The zero-order valence-electron chi connectivity index (χ0n) is 6.47. The van der Waals surface area contributed by atoms with E-state index >= 15 is 0 Å². The van der Waals surface area contributed by atoms with Gasteiger partial charge < -0.3 is 9.84 Å². The molecule has 0 heterocycles. The lowest BCUT2D eigenvalue weighted by Crippen LogP contribution is -1.93. The second-order valence-electron chi connectivity index (χ2n) is 2.24. The van der Waals surface area contributed by atoms with Gasteiger partial charge in [0.25, 0.3) is 0 Å². The Morgan fingerprint density at radius 3 is 2.75 bits per heavy atom. The van der Waals surface area contributed by atoms with Crippen LogP contribution in [0.5, 0.6) is 5.75 Å². The molecular weight excluding hydrogens is 183 g/mol. The van der Waals surface area contributed by atoms with Gasteiger partial charge in [-0.3, -0.25) is 0 Å². The Morgan fingerprint density at radius 1 is 1.58 bits per heavy atom. The summed E-state index contributed by atoms with van der Waals surface area (Å²) in [6.45, 7) is -0.219. The van der Waals surface area contributed by atoms with E-state index in [1.807, 2.05) is 0 Å². The van der Waals surface area contributed by atoms with E-state index in [4.69, 9.17) is 21.4 Å². The highest BCUT2D eigenvalue weighted by molar-refractivity contribution is 6.30. The highest BCUT2D eigenvalue weighted by Crippen LogP contribution is 2.25. The summed E-state index contributed by atoms with van der Waals surface area (Å²) in [7, 11) is 1.40. The molecule has 2 nitrogen and oxygen atoms in total. The SMILES string of the molecule is COc1cc(F)c(Cl)cc1CO. The number of rotatable bonds is 2. The van der Waals surface area contributed by atoms with Crippen LogP contribution in [-0.4, -0.2) is 12.2 Å². The maximum Gasteiger partial charge on any atom is 0.145 e. The Morgan fingerprint density at radius 2 is 2.25 bits per heavy atom. The van der Waals surface area contributed by atoms with Gasteiger partial charge >= 0.3 is 0 Å². The number of benzene rings is 1. The largest absolute Gasteiger partial charge is 0.496 e. The number of hydrogen-bond acceptors (Lipinski definition) is 2. The summed E-state index contributed by atoms with van der Waals surface area (Å²) in [6.07, 6.45) is 0. The number of ether oxygens (including phenoxy) is 1. The number of hydrogen-bond donors (Lipinski definition) is 1. The highest BCUT2D eigenvalue weighted by Gasteiger charge is 2.07. The minimum absolute atomic E-state index is 0.0140. The number of aliphatic hydroxyl groups excluding tert-OH is 1. The maximum absolute atomic E-state index is 12.8. The molecule has 0 aliphatic carbocycles. The number of methoxy groups -OCH3 is 1. The fraction of sp³-hybridized carbons (Fsp3) is 0.250. The molecular formula is C8H8ClFO2. The lowest BCUT2D eigenvalue weighted by Gasteiger charge is -2.06. The quantitative estimate of drug-likeness (QED) is 0.773. The molecule has 0 saturated heterocycles. The predicted molar refractivity (Wildman–Crippen MR) is 43.9 cm³/mol. The molecule has 0 fully saturated rings. The van der Waals surface area contributed by atoms with Crippen molar-refractivity contribution < 1.29 is 14.2 Å². The molecule has 0 aliphatic rings. The summed E-state index contributed by atoms with van der Waals surface area (Å²) in [5, 5.41) is 8.79. The van der Waals surface area contributed by atoms with Crippen LogP contribution in [0.25, 0.3) is 0 Å². The van der Waals surface area contributed by atoms with Crippen LogP contribution < -0.4 is 4.74 Å². The first-order valence-corrected chi connectivity index (χ1v) is 3.69. The van der Waals surface area contributed by atoms with Crippen LogP contribution in [0.1, 0.15) is 5.56 Å². The lowest BCUT2D eigenvalue weighted by molar-refractivity contribution is 0.273. The fourth-order valence-electron chi connectivity index (χ4n) is 0.883. The number of halogens is 2. The zero-order valence-corrected chi connectivity index (χ0v) is 7.23. The molecule has 0 spiro atoms. The van der Waals surface area contributed by atoms with Crippen molar-refractivity contribution in [2.45, 2.75) is 6.61 Å². The summed E-state index contributed by atoms with van der Waals surface area (Å²) in [6, 6.07) is 2.49. The molecule has 1 aromatic carbocycles. The van der Waals surface area contributed by atoms with E-state index in [0.29, 0.717) is 11.3 Å². The van der Waals surface area contributed by atoms with Gasteiger partial charge in [-0.2, -0.15) is 0 Å². The van der Waals surface area contributed by atoms with Crippen LogP contribution in [0.4, 0.5) is 4.39 Å². The Kier molecular flexibility index (Phi) is 2.89. The van der Waals surface area contributed by atoms with Crippen LogP contribution in [0.3, 0.4) is 0 Å². The smallest absolute Gasteiger partial charge is 0.145 e. The molecule has 0 atom stereocenters. The molecule has 0 amide bonds. The van der Waals surface area contributed by atoms with Crippen molar-refractivity contribution in [1.82, 2.24) is 0 Å². The number of aliphatic hydroxyl groups is 1. The van der Waals surface area contributed by atoms with Crippen molar-refractivity contribution in [3.8, 4) is 5.75 Å². The van der Waals surface area contributed by atoms with Crippen molar-refractivity contribution in [1.29, 1.82) is 0 Å². The molecule has 0 unspecified atom stereocenters. The fourth-order valence-corrected chi connectivity index (χ4v) is 1.07. The van der Waals surface area contributed by atoms with Crippen LogP contribution >= 0.6 is 11.6 Å². The first-order chi connectivity index (χ1) is 5.69. The molecule has 0 saturated carbocycles. The monoisotopic (exact) mass is 190 g/mol. The normalized spacial score (nSPS) is 10.0. The summed E-state index contributed by atoms with van der Waals surface area (Å²) >= 11 is 5.48. The molecule has 1 N–H and O–H groups in total. The van der Waals surface area contributed by atoms with Gasteiger partial charge in [-0.25, -0.2) is 4.39 Å². The molecule has 1 rings (SSSR count). The first-order valence-electron chi connectivity index (χ1n) is 3.31. The van der Waals surface area contributed by atoms with Crippen LogP contribution in [0, 0.1) is 5.82 Å². The van der Waals surface area contributed by atoms with E-state index in [0.717, 1.165) is 6.07 Å². The van der Waals surface area contributed by atoms with Gasteiger partial charge in [0.05, 0.1) is 18.7 Å². The molecule has 0 radical (unpaired) electrons. The van der Waals surface area contributed by atoms with E-state index < -0.39 is 5.82 Å². The van der Waals surface area contributed by atoms with Gasteiger partial charge in [0.2, 0.25) is 0 Å². The molecule has 4 heteroatoms. The lowest BCUT2D eigenvalue weighted by atomic mass is 10.2. The summed E-state index contributed by atoms with van der Waals surface area (Å²) in [4.78, 5) is 0. The average molecular weight is 191 g/mol. The van der Waals surface area contributed by atoms with Gasteiger partial charge in [0.1, 0.15) is 11.6 Å². The van der Waals surface area contributed by atoms with Gasteiger partial charge in [0.15, 0.2) is 0 Å². The minimum atomic E-state index is -0.550. The summed E-state index contributed by atoms with van der Waals surface area (Å²) < 4.78 is 17.6. The summed E-state index contributed by atoms with van der Waals surface area (Å²) in [5.74, 6) is -0.245. The Hall–Kier alpha value is -0.800. The van der Waals surface area contributed by atoms with Crippen molar-refractivity contribution in [2.75, 3.05) is 7.11 Å². The Bertz CT molecular complexity index is 260. The van der Waals surface area contributed by atoms with Crippen molar-refractivity contribution in [3.63, 3.8) is 0 Å². The molecule has 66 valence electrons. The van der Waals surface area contributed by atoms with E-state index in [9.17, 15) is 4.39 Å². The van der Waals surface area contributed by atoms with Crippen LogP contribution in [0.15, 0.2) is 12.1 Å². The van der Waals surface area contributed by atoms with E-state index in [1.165, 1.54) is 13.2 Å². The van der Waals surface area contributed by atoms with E-state index in [2.05, 4.69) is 0 Å². The van der Waals surface area contributed by atoms with E-state index in [1.54, 1.807) is 0 Å². The van der Waals surface area contributed by atoms with Gasteiger partial charge in [-0.15, -0.1) is 0 Å². The Balaban J connectivity index is 3.19. The first kappa shape index (κ1) is 9.29. The van der Waals surface area contributed by atoms with Gasteiger partial charge in [-0.1, -0.05) is 11.6 Å². The third-order valence-corrected chi connectivity index (χ3v) is 1.78. The topological polar surface area (TPSA) is 29.5 Å². The molecule has 0 bridgehead atoms. The van der Waals surface area contributed by atoms with Crippen LogP contribution in [0.2, 0.25) is 5.02 Å². The van der Waals surface area contributed by atoms with E-state index in [-0.39, 0.29) is 11.6 Å². The average Bonchev–Trinajstić information content (AvgIpc) is 2.09. The second kappa shape index (κ2) is 3.74. The minimum Gasteiger partial charge on any atom is -0.496 e. The molecule has 12 heavy (non-hydrogen) atoms. The predicted octanol–water partition coefficient (Wildman–Crippen LogP) is 1.98. The van der Waals surface area contributed by atoms with Gasteiger partial charge in [0, 0.05) is 11.6 Å². The molecule has 1 aromatic rings. The van der Waals surface area contributed by atoms with Crippen LogP contribution in [-0.2, 0) is 6.61 Å².